The summed E-state index contributed by atoms with van der Waals surface area (Å²) in [6.45, 7) is 0.510. The van der Waals surface area contributed by atoms with E-state index in [4.69, 9.17) is 4.74 Å². The zero-order valence-electron chi connectivity index (χ0n) is 15.6. The summed E-state index contributed by atoms with van der Waals surface area (Å²) >= 11 is 0. The van der Waals surface area contributed by atoms with Crippen molar-refractivity contribution < 1.29 is 27.5 Å². The first-order chi connectivity index (χ1) is 13.3. The van der Waals surface area contributed by atoms with E-state index in [0.717, 1.165) is 12.8 Å². The highest BCUT2D eigenvalue weighted by atomic mass is 32.2. The Hall–Kier alpha value is -2.46. The number of imide groups is 1. The van der Waals surface area contributed by atoms with Crippen LogP contribution in [-0.4, -0.2) is 57.3 Å². The van der Waals surface area contributed by atoms with Crippen molar-refractivity contribution in [1.29, 1.82) is 0 Å². The van der Waals surface area contributed by atoms with Crippen LogP contribution in [0.3, 0.4) is 0 Å². The molecule has 10 heteroatoms. The van der Waals surface area contributed by atoms with Crippen LogP contribution in [0.15, 0.2) is 23.1 Å². The Balaban J connectivity index is 1.61. The number of carbonyl (C=O) groups excluding carboxylic acids is 3. The van der Waals surface area contributed by atoms with Crippen molar-refractivity contribution in [2.45, 2.75) is 43.0 Å². The fourth-order valence-corrected chi connectivity index (χ4v) is 4.43. The minimum atomic E-state index is -3.78. The lowest BCUT2D eigenvalue weighted by atomic mass is 10.2. The lowest BCUT2D eigenvalue weighted by molar-refractivity contribution is -0.138. The monoisotopic (exact) mass is 409 g/mol. The molecule has 0 spiro atoms. The van der Waals surface area contributed by atoms with Crippen molar-refractivity contribution in [1.82, 2.24) is 14.9 Å². The zero-order chi connectivity index (χ0) is 20.3. The molecule has 0 atom stereocenters. The molecule has 1 aromatic carbocycles. The maximum absolute atomic E-state index is 12.5. The standard InChI is InChI=1S/C18H23N3O6S/c1-27-14-6-3-12(11-15(14)28(25,26)20-13-4-5-13)18(24)19-9-2-10-21-16(22)7-8-17(21)23/h3,6,11,13,20H,2,4-5,7-10H2,1H3,(H,19,24). The minimum absolute atomic E-state index is 0.0665. The molecule has 1 aliphatic heterocycles. The highest BCUT2D eigenvalue weighted by Crippen LogP contribution is 2.28. The largest absolute Gasteiger partial charge is 0.495 e. The predicted molar refractivity (Wildman–Crippen MR) is 99.2 cm³/mol. The Morgan fingerprint density at radius 2 is 1.89 bits per heavy atom. The van der Waals surface area contributed by atoms with Gasteiger partial charge in [0, 0.05) is 37.5 Å². The smallest absolute Gasteiger partial charge is 0.251 e. The molecular weight excluding hydrogens is 386 g/mol. The molecule has 0 bridgehead atoms. The Kier molecular flexibility index (Phi) is 5.99. The van der Waals surface area contributed by atoms with Gasteiger partial charge in [0.15, 0.2) is 0 Å². The molecule has 1 aromatic rings. The van der Waals surface area contributed by atoms with Crippen LogP contribution in [-0.2, 0) is 19.6 Å². The second-order valence-corrected chi connectivity index (χ2v) is 8.49. The molecule has 2 N–H and O–H groups in total. The van der Waals surface area contributed by atoms with Gasteiger partial charge in [-0.15, -0.1) is 0 Å². The minimum Gasteiger partial charge on any atom is -0.495 e. The summed E-state index contributed by atoms with van der Waals surface area (Å²) in [6, 6.07) is 4.14. The van der Waals surface area contributed by atoms with Crippen molar-refractivity contribution in [2.75, 3.05) is 20.2 Å². The number of ether oxygens (including phenoxy) is 1. The van der Waals surface area contributed by atoms with Crippen LogP contribution >= 0.6 is 0 Å². The molecule has 0 radical (unpaired) electrons. The maximum atomic E-state index is 12.5. The number of nitrogens with zero attached hydrogens (tertiary/aromatic N) is 1. The number of sulfonamides is 1. The number of nitrogens with one attached hydrogen (secondary N) is 2. The van der Waals surface area contributed by atoms with E-state index in [1.807, 2.05) is 0 Å². The van der Waals surface area contributed by atoms with Crippen LogP contribution in [0.5, 0.6) is 5.75 Å². The Morgan fingerprint density at radius 1 is 1.21 bits per heavy atom. The van der Waals surface area contributed by atoms with Crippen molar-refractivity contribution in [3.8, 4) is 5.75 Å². The molecule has 1 heterocycles. The first-order valence-electron chi connectivity index (χ1n) is 9.13. The molecular formula is C18H23N3O6S. The molecule has 0 unspecified atom stereocenters. The van der Waals surface area contributed by atoms with E-state index >= 15 is 0 Å². The fourth-order valence-electron chi connectivity index (χ4n) is 2.93. The van der Waals surface area contributed by atoms with Gasteiger partial charge in [-0.05, 0) is 37.5 Å². The van der Waals surface area contributed by atoms with Crippen LogP contribution in [0, 0.1) is 0 Å². The van der Waals surface area contributed by atoms with Crippen molar-refractivity contribution in [3.05, 3.63) is 23.8 Å². The normalized spacial score (nSPS) is 17.1. The van der Waals surface area contributed by atoms with Gasteiger partial charge in [0.1, 0.15) is 10.6 Å². The van der Waals surface area contributed by atoms with E-state index < -0.39 is 15.9 Å². The third kappa shape index (κ3) is 4.68. The molecule has 28 heavy (non-hydrogen) atoms. The van der Waals surface area contributed by atoms with Crippen LogP contribution < -0.4 is 14.8 Å². The van der Waals surface area contributed by atoms with Gasteiger partial charge in [-0.1, -0.05) is 0 Å². The highest BCUT2D eigenvalue weighted by molar-refractivity contribution is 7.89. The van der Waals surface area contributed by atoms with Gasteiger partial charge in [0.25, 0.3) is 5.91 Å². The van der Waals surface area contributed by atoms with E-state index in [1.54, 1.807) is 0 Å². The van der Waals surface area contributed by atoms with Gasteiger partial charge in [0.2, 0.25) is 21.8 Å². The SMILES string of the molecule is COc1ccc(C(=O)NCCCN2C(=O)CCC2=O)cc1S(=O)(=O)NC1CC1. The summed E-state index contributed by atoms with van der Waals surface area (Å²) in [6.07, 6.45) is 2.49. The summed E-state index contributed by atoms with van der Waals surface area (Å²) in [5.41, 5.74) is 0.185. The molecule has 2 fully saturated rings. The van der Waals surface area contributed by atoms with E-state index in [9.17, 15) is 22.8 Å². The van der Waals surface area contributed by atoms with Gasteiger partial charge in [-0.3, -0.25) is 19.3 Å². The average molecular weight is 409 g/mol. The number of rotatable bonds is 9. The number of hydrogen-bond acceptors (Lipinski definition) is 6. The van der Waals surface area contributed by atoms with Crippen molar-refractivity contribution in [3.63, 3.8) is 0 Å². The van der Waals surface area contributed by atoms with Gasteiger partial charge < -0.3 is 10.1 Å². The molecule has 0 aromatic heterocycles. The molecule has 1 saturated carbocycles. The van der Waals surface area contributed by atoms with Crippen LogP contribution in [0.4, 0.5) is 0 Å². The summed E-state index contributed by atoms with van der Waals surface area (Å²) in [5, 5.41) is 2.68. The van der Waals surface area contributed by atoms with E-state index in [2.05, 4.69) is 10.0 Å². The number of benzene rings is 1. The Labute approximate surface area is 163 Å². The van der Waals surface area contributed by atoms with Crippen LogP contribution in [0.25, 0.3) is 0 Å². The summed E-state index contributed by atoms with van der Waals surface area (Å²) in [5.74, 6) is -0.658. The molecule has 2 aliphatic rings. The lowest BCUT2D eigenvalue weighted by Crippen LogP contribution is -2.33. The van der Waals surface area contributed by atoms with E-state index in [-0.39, 0.29) is 60.0 Å². The molecule has 1 aliphatic carbocycles. The van der Waals surface area contributed by atoms with Gasteiger partial charge >= 0.3 is 0 Å². The van der Waals surface area contributed by atoms with Crippen LogP contribution in [0.1, 0.15) is 42.5 Å². The lowest BCUT2D eigenvalue weighted by Gasteiger charge is -2.14. The number of methoxy groups -OCH3 is 1. The second kappa shape index (κ2) is 8.27. The number of amides is 3. The van der Waals surface area contributed by atoms with E-state index in [1.165, 1.54) is 30.2 Å². The van der Waals surface area contributed by atoms with E-state index in [0.29, 0.717) is 6.42 Å². The number of likely N-dealkylation sites (tertiary alicyclic amines) is 1. The van der Waals surface area contributed by atoms with Crippen LogP contribution in [0.2, 0.25) is 0 Å². The maximum Gasteiger partial charge on any atom is 0.251 e. The Bertz CT molecular complexity index is 879. The molecule has 152 valence electrons. The van der Waals surface area contributed by atoms with Gasteiger partial charge in [0.05, 0.1) is 7.11 Å². The van der Waals surface area contributed by atoms with Crippen molar-refractivity contribution >= 4 is 27.7 Å². The highest BCUT2D eigenvalue weighted by Gasteiger charge is 2.30. The fraction of sp³-hybridized carbons (Fsp3) is 0.500. The Morgan fingerprint density at radius 3 is 2.50 bits per heavy atom. The number of carbonyl (C=O) groups is 3. The topological polar surface area (TPSA) is 122 Å². The summed E-state index contributed by atoms with van der Waals surface area (Å²) in [4.78, 5) is 36.6. The predicted octanol–water partition coefficient (Wildman–Crippen LogP) is 0.405. The van der Waals surface area contributed by atoms with Crippen molar-refractivity contribution in [2.24, 2.45) is 0 Å². The molecule has 1 saturated heterocycles. The first kappa shape index (κ1) is 20.3. The molecule has 3 rings (SSSR count). The average Bonchev–Trinajstić information content (AvgIpc) is 3.42. The molecule has 3 amide bonds. The quantitative estimate of drug-likeness (QED) is 0.450. The summed E-state index contributed by atoms with van der Waals surface area (Å²) < 4.78 is 32.7. The molecule has 9 nitrogen and oxygen atoms in total. The third-order valence-corrected chi connectivity index (χ3v) is 6.16. The second-order valence-electron chi connectivity index (χ2n) is 6.81. The number of hydrogen-bond donors (Lipinski definition) is 2. The first-order valence-corrected chi connectivity index (χ1v) is 10.6. The summed E-state index contributed by atoms with van der Waals surface area (Å²) in [7, 11) is -2.41. The third-order valence-electron chi connectivity index (χ3n) is 4.61. The van der Waals surface area contributed by atoms with Gasteiger partial charge in [-0.2, -0.15) is 0 Å². The zero-order valence-corrected chi connectivity index (χ0v) is 16.4. The van der Waals surface area contributed by atoms with Gasteiger partial charge in [-0.25, -0.2) is 13.1 Å².